The summed E-state index contributed by atoms with van der Waals surface area (Å²) in [6, 6.07) is 7.51. The molecule has 0 aliphatic carbocycles. The van der Waals surface area contributed by atoms with Crippen LogP contribution in [-0.2, 0) is 4.79 Å². The summed E-state index contributed by atoms with van der Waals surface area (Å²) in [4.78, 5) is 11.9. The molecule has 2 aromatic rings. The van der Waals surface area contributed by atoms with Crippen molar-refractivity contribution in [3.63, 3.8) is 0 Å². The zero-order valence-electron chi connectivity index (χ0n) is 12.2. The molecule has 2 heterocycles. The van der Waals surface area contributed by atoms with Crippen LogP contribution < -0.4 is 14.8 Å². The highest BCUT2D eigenvalue weighted by molar-refractivity contribution is 5.95. The van der Waals surface area contributed by atoms with Crippen LogP contribution in [0, 0.1) is 6.92 Å². The minimum Gasteiger partial charge on any atom is -0.493 e. The maximum Gasteiger partial charge on any atom is 0.225 e. The number of anilines is 1. The molecule has 1 aromatic carbocycles. The molecule has 0 unspecified atom stereocenters. The SMILES string of the molecule is COc1cc2c(cc1OC)[C@H](c1ccc(C)o1)CC(=O)N2. The number of carbonyl (C=O) groups is 1. The third-order valence-electron chi connectivity index (χ3n) is 3.70. The summed E-state index contributed by atoms with van der Waals surface area (Å²) in [6.07, 6.45) is 0.357. The number of nitrogens with one attached hydrogen (secondary N) is 1. The van der Waals surface area contributed by atoms with Gasteiger partial charge in [-0.15, -0.1) is 0 Å². The zero-order valence-corrected chi connectivity index (χ0v) is 12.2. The Hall–Kier alpha value is -2.43. The maximum absolute atomic E-state index is 11.9. The van der Waals surface area contributed by atoms with E-state index in [1.807, 2.05) is 25.1 Å². The van der Waals surface area contributed by atoms with E-state index in [0.29, 0.717) is 17.9 Å². The highest BCUT2D eigenvalue weighted by atomic mass is 16.5. The summed E-state index contributed by atoms with van der Waals surface area (Å²) in [5.41, 5.74) is 1.71. The third-order valence-corrected chi connectivity index (χ3v) is 3.70. The number of amides is 1. The van der Waals surface area contributed by atoms with E-state index >= 15 is 0 Å². The second-order valence-electron chi connectivity index (χ2n) is 5.05. The molecule has 0 fully saturated rings. The van der Waals surface area contributed by atoms with Gasteiger partial charge in [0.15, 0.2) is 11.5 Å². The van der Waals surface area contributed by atoms with Crippen molar-refractivity contribution >= 4 is 11.6 Å². The van der Waals surface area contributed by atoms with E-state index in [2.05, 4.69) is 5.32 Å². The van der Waals surface area contributed by atoms with Crippen molar-refractivity contribution in [1.82, 2.24) is 0 Å². The van der Waals surface area contributed by atoms with Gasteiger partial charge in [0.1, 0.15) is 11.5 Å². The molecule has 1 aromatic heterocycles. The summed E-state index contributed by atoms with van der Waals surface area (Å²) in [7, 11) is 3.17. The largest absolute Gasteiger partial charge is 0.493 e. The molecular weight excluding hydrogens is 270 g/mol. The van der Waals surface area contributed by atoms with E-state index in [1.54, 1.807) is 20.3 Å². The number of carbonyl (C=O) groups excluding carboxylic acids is 1. The van der Waals surface area contributed by atoms with Gasteiger partial charge in [0.25, 0.3) is 0 Å². The van der Waals surface area contributed by atoms with Crippen molar-refractivity contribution in [1.29, 1.82) is 0 Å². The fraction of sp³-hybridized carbons (Fsp3) is 0.312. The summed E-state index contributed by atoms with van der Waals surface area (Å²) in [5, 5.41) is 2.88. The van der Waals surface area contributed by atoms with Crippen LogP contribution in [0.4, 0.5) is 5.69 Å². The number of fused-ring (bicyclic) bond motifs is 1. The number of aryl methyl sites for hydroxylation is 1. The van der Waals surface area contributed by atoms with Crippen LogP contribution in [0.1, 0.15) is 29.4 Å². The van der Waals surface area contributed by atoms with Crippen LogP contribution in [0.3, 0.4) is 0 Å². The van der Waals surface area contributed by atoms with Gasteiger partial charge in [-0.3, -0.25) is 4.79 Å². The Morgan fingerprint density at radius 1 is 1.19 bits per heavy atom. The van der Waals surface area contributed by atoms with Gasteiger partial charge in [-0.25, -0.2) is 0 Å². The molecule has 3 rings (SSSR count). The molecule has 0 bridgehead atoms. The molecule has 1 atom stereocenters. The minimum atomic E-state index is -0.109. The molecule has 1 amide bonds. The highest BCUT2D eigenvalue weighted by Gasteiger charge is 2.30. The molecule has 21 heavy (non-hydrogen) atoms. The fourth-order valence-corrected chi connectivity index (χ4v) is 2.68. The summed E-state index contributed by atoms with van der Waals surface area (Å²) in [5.74, 6) is 2.71. The highest BCUT2D eigenvalue weighted by Crippen LogP contribution is 2.43. The van der Waals surface area contributed by atoms with Gasteiger partial charge in [0.2, 0.25) is 5.91 Å². The van der Waals surface area contributed by atoms with Gasteiger partial charge in [-0.1, -0.05) is 0 Å². The molecule has 1 aliphatic heterocycles. The quantitative estimate of drug-likeness (QED) is 0.942. The first-order chi connectivity index (χ1) is 10.1. The lowest BCUT2D eigenvalue weighted by Gasteiger charge is -2.25. The third kappa shape index (κ3) is 2.35. The van der Waals surface area contributed by atoms with Crippen molar-refractivity contribution in [2.45, 2.75) is 19.3 Å². The molecule has 0 saturated heterocycles. The van der Waals surface area contributed by atoms with Crippen molar-refractivity contribution in [3.05, 3.63) is 41.3 Å². The van der Waals surface area contributed by atoms with Crippen LogP contribution in [0.2, 0.25) is 0 Å². The minimum absolute atomic E-state index is 0.0335. The van der Waals surface area contributed by atoms with Gasteiger partial charge in [0.05, 0.1) is 20.1 Å². The number of methoxy groups -OCH3 is 2. The Morgan fingerprint density at radius 2 is 1.90 bits per heavy atom. The molecule has 1 N–H and O–H groups in total. The molecule has 5 heteroatoms. The Kier molecular flexibility index (Phi) is 3.33. The second-order valence-corrected chi connectivity index (χ2v) is 5.05. The molecule has 0 spiro atoms. The smallest absolute Gasteiger partial charge is 0.225 e. The average molecular weight is 287 g/mol. The van der Waals surface area contributed by atoms with Crippen LogP contribution in [0.25, 0.3) is 0 Å². The molecular formula is C16H17NO4. The second kappa shape index (κ2) is 5.16. The standard InChI is InChI=1S/C16H17NO4/c1-9-4-5-13(21-9)11-7-16(18)17-12-8-15(20-3)14(19-2)6-10(11)12/h4-6,8,11H,7H2,1-3H3,(H,17,18)/t11-/m1/s1. The van der Waals surface area contributed by atoms with E-state index in [0.717, 1.165) is 22.8 Å². The van der Waals surface area contributed by atoms with E-state index in [1.165, 1.54) is 0 Å². The fourth-order valence-electron chi connectivity index (χ4n) is 2.68. The molecule has 5 nitrogen and oxygen atoms in total. The van der Waals surface area contributed by atoms with E-state index in [4.69, 9.17) is 13.9 Å². The Balaban J connectivity index is 2.12. The Bertz CT molecular complexity index is 690. The molecule has 0 radical (unpaired) electrons. The van der Waals surface area contributed by atoms with E-state index < -0.39 is 0 Å². The summed E-state index contributed by atoms with van der Waals surface area (Å²) < 4.78 is 16.3. The van der Waals surface area contributed by atoms with Crippen molar-refractivity contribution in [2.24, 2.45) is 0 Å². The predicted molar refractivity (Wildman–Crippen MR) is 78.1 cm³/mol. The molecule has 0 saturated carbocycles. The monoisotopic (exact) mass is 287 g/mol. The van der Waals surface area contributed by atoms with Crippen LogP contribution >= 0.6 is 0 Å². The van der Waals surface area contributed by atoms with Crippen LogP contribution in [0.15, 0.2) is 28.7 Å². The van der Waals surface area contributed by atoms with Crippen LogP contribution in [-0.4, -0.2) is 20.1 Å². The van der Waals surface area contributed by atoms with Gasteiger partial charge >= 0.3 is 0 Å². The molecule has 110 valence electrons. The Labute approximate surface area is 122 Å². The number of furan rings is 1. The van der Waals surface area contributed by atoms with Crippen molar-refractivity contribution in [2.75, 3.05) is 19.5 Å². The number of ether oxygens (including phenoxy) is 2. The van der Waals surface area contributed by atoms with E-state index in [9.17, 15) is 4.79 Å². The lowest BCUT2D eigenvalue weighted by atomic mass is 9.88. The van der Waals surface area contributed by atoms with Crippen molar-refractivity contribution < 1.29 is 18.7 Å². The van der Waals surface area contributed by atoms with Crippen molar-refractivity contribution in [3.8, 4) is 11.5 Å². The number of rotatable bonds is 3. The zero-order chi connectivity index (χ0) is 15.0. The maximum atomic E-state index is 11.9. The predicted octanol–water partition coefficient (Wildman–Crippen LogP) is 3.08. The lowest BCUT2D eigenvalue weighted by Crippen LogP contribution is -2.23. The van der Waals surface area contributed by atoms with Gasteiger partial charge in [-0.05, 0) is 30.7 Å². The normalized spacial score (nSPS) is 17.1. The number of hydrogen-bond acceptors (Lipinski definition) is 4. The molecule has 1 aliphatic rings. The average Bonchev–Trinajstić information content (AvgIpc) is 2.91. The number of benzene rings is 1. The Morgan fingerprint density at radius 3 is 2.52 bits per heavy atom. The van der Waals surface area contributed by atoms with Gasteiger partial charge < -0.3 is 19.2 Å². The topological polar surface area (TPSA) is 60.7 Å². The van der Waals surface area contributed by atoms with E-state index in [-0.39, 0.29) is 11.8 Å². The first kappa shape index (κ1) is 13.5. The lowest BCUT2D eigenvalue weighted by molar-refractivity contribution is -0.116. The van der Waals surface area contributed by atoms with Gasteiger partial charge in [-0.2, -0.15) is 0 Å². The van der Waals surface area contributed by atoms with Crippen LogP contribution in [0.5, 0.6) is 11.5 Å². The first-order valence-corrected chi connectivity index (χ1v) is 6.74. The summed E-state index contributed by atoms with van der Waals surface area (Å²) >= 11 is 0. The first-order valence-electron chi connectivity index (χ1n) is 6.74. The number of hydrogen-bond donors (Lipinski definition) is 1. The van der Waals surface area contributed by atoms with Gasteiger partial charge in [0, 0.05) is 18.2 Å². The summed E-state index contributed by atoms with van der Waals surface area (Å²) in [6.45, 7) is 1.89.